The second kappa shape index (κ2) is 76.8. The fourth-order valence-electron chi connectivity index (χ4n) is 6.30. The van der Waals surface area contributed by atoms with Crippen LogP contribution in [0.4, 0.5) is 0 Å². The summed E-state index contributed by atoms with van der Waals surface area (Å²) in [5.41, 5.74) is 0. The van der Waals surface area contributed by atoms with Crippen molar-refractivity contribution in [2.24, 2.45) is 11.8 Å². The first-order valence-electron chi connectivity index (χ1n) is 31.4. The van der Waals surface area contributed by atoms with Crippen LogP contribution in [-0.2, 0) is 128 Å². The third-order valence-electron chi connectivity index (χ3n) is 11.2. The minimum atomic E-state index is 0.0498. The molecule has 0 saturated heterocycles. The van der Waals surface area contributed by atoms with Gasteiger partial charge in [0.05, 0.1) is 330 Å². The van der Waals surface area contributed by atoms with Crippen molar-refractivity contribution in [1.82, 2.24) is 0 Å². The number of carbonyl (C=O) groups excluding carboxylic acids is 2. The number of Topliss-reactive ketones (excluding diaryl/α,β-unsaturated/α-hetero) is 2. The molecule has 0 aromatic carbocycles. The average Bonchev–Trinajstić information content (AvgIpc) is 3.51. The van der Waals surface area contributed by atoms with E-state index in [9.17, 15) is 9.59 Å². The highest BCUT2D eigenvalue weighted by atomic mass is 16.6. The van der Waals surface area contributed by atoms with Crippen LogP contribution < -0.4 is 0 Å². The molecule has 0 aromatic heterocycles. The molecule has 0 fully saturated rings. The van der Waals surface area contributed by atoms with Crippen molar-refractivity contribution < 1.29 is 128 Å². The smallest absolute Gasteiger partial charge is 0.137 e. The van der Waals surface area contributed by atoms with E-state index in [0.717, 1.165) is 0 Å². The van der Waals surface area contributed by atoms with Crippen LogP contribution in [0.5, 0.6) is 0 Å². The molecule has 0 bridgehead atoms. The molecule has 27 heteroatoms. The number of ether oxygens (including phenoxy) is 25. The maximum Gasteiger partial charge on any atom is 0.137 e. The molecule has 0 aliphatic rings. The highest BCUT2D eigenvalue weighted by Crippen LogP contribution is 2.00. The highest BCUT2D eigenvalue weighted by molar-refractivity contribution is 5.80. The van der Waals surface area contributed by atoms with Crippen molar-refractivity contribution in [2.75, 3.05) is 330 Å². The molecule has 0 atom stereocenters. The van der Waals surface area contributed by atoms with E-state index < -0.39 is 0 Å². The van der Waals surface area contributed by atoms with Gasteiger partial charge in [0.1, 0.15) is 11.6 Å². The molecule has 27 nitrogen and oxygen atoms in total. The van der Waals surface area contributed by atoms with E-state index in [0.29, 0.717) is 343 Å². The fraction of sp³-hybridized carbons (Fsp3) is 0.967. The number of ketones is 2. The van der Waals surface area contributed by atoms with E-state index in [2.05, 4.69) is 0 Å². The normalized spacial score (nSPS) is 11.8. The Hall–Kier alpha value is -1.66. The molecule has 0 saturated carbocycles. The molecule has 0 rings (SSSR count). The molecule has 87 heavy (non-hydrogen) atoms. The van der Waals surface area contributed by atoms with E-state index in [1.54, 1.807) is 0 Å². The van der Waals surface area contributed by atoms with Crippen LogP contribution in [0.25, 0.3) is 0 Å². The lowest BCUT2D eigenvalue weighted by Gasteiger charge is -2.09. The SMILES string of the molecule is CC(C)C(=O)CCOCCOCCOCCOCCOCCOCCOCCOCCOCCOCCOCCOCCOCCOCCOCCOCCOCCOCCOCCOCCOCCOCCOCCOCCOCCC(=O)C(C)C. The number of rotatable bonds is 80. The molecule has 0 aliphatic carbocycles. The van der Waals surface area contributed by atoms with Gasteiger partial charge in [0.25, 0.3) is 0 Å². The summed E-state index contributed by atoms with van der Waals surface area (Å²) in [4.78, 5) is 23.0. The molecule has 520 valence electrons. The van der Waals surface area contributed by atoms with Gasteiger partial charge in [0, 0.05) is 24.7 Å². The molecule has 0 spiro atoms. The lowest BCUT2D eigenvalue weighted by Crippen LogP contribution is -2.16. The third-order valence-corrected chi connectivity index (χ3v) is 11.2. The van der Waals surface area contributed by atoms with Crippen LogP contribution in [0.15, 0.2) is 0 Å². The Morgan fingerprint density at radius 2 is 0.218 bits per heavy atom. The van der Waals surface area contributed by atoms with Gasteiger partial charge in [-0.25, -0.2) is 0 Å². The van der Waals surface area contributed by atoms with E-state index in [1.165, 1.54) is 0 Å². The van der Waals surface area contributed by atoms with Gasteiger partial charge in [-0.05, 0) is 0 Å². The van der Waals surface area contributed by atoms with E-state index in [-0.39, 0.29) is 23.4 Å². The maximum atomic E-state index is 11.5. The number of hydrogen-bond acceptors (Lipinski definition) is 27. The predicted octanol–water partition coefficient (Wildman–Crippen LogP) is 2.63. The van der Waals surface area contributed by atoms with E-state index in [1.807, 2.05) is 27.7 Å². The molecule has 0 aliphatic heterocycles. The lowest BCUT2D eigenvalue weighted by molar-refractivity contribution is -0.123. The zero-order valence-corrected chi connectivity index (χ0v) is 53.9. The molecule has 0 N–H and O–H groups in total. The van der Waals surface area contributed by atoms with Gasteiger partial charge in [0.15, 0.2) is 0 Å². The molecule has 0 aromatic rings. The molecular formula is C60H118O27. The summed E-state index contributed by atoms with van der Waals surface area (Å²) < 4.78 is 137. The summed E-state index contributed by atoms with van der Waals surface area (Å²) in [6.07, 6.45) is 0.891. The van der Waals surface area contributed by atoms with Crippen LogP contribution in [-0.4, -0.2) is 342 Å². The fourth-order valence-corrected chi connectivity index (χ4v) is 6.30. The summed E-state index contributed by atoms with van der Waals surface area (Å²) in [6.45, 7) is 31.6. The van der Waals surface area contributed by atoms with Gasteiger partial charge in [-0.2, -0.15) is 0 Å². The van der Waals surface area contributed by atoms with Gasteiger partial charge in [-0.1, -0.05) is 27.7 Å². The van der Waals surface area contributed by atoms with Crippen molar-refractivity contribution in [1.29, 1.82) is 0 Å². The molecule has 0 unspecified atom stereocenters. The first-order valence-corrected chi connectivity index (χ1v) is 31.4. The molecular weight excluding hydrogens is 1150 g/mol. The van der Waals surface area contributed by atoms with E-state index >= 15 is 0 Å². The van der Waals surface area contributed by atoms with Gasteiger partial charge in [0.2, 0.25) is 0 Å². The Bertz CT molecular complexity index is 1220. The molecule has 0 radical (unpaired) electrons. The van der Waals surface area contributed by atoms with Crippen LogP contribution in [0, 0.1) is 11.8 Å². The monoisotopic (exact) mass is 1270 g/mol. The topological polar surface area (TPSA) is 265 Å². The van der Waals surface area contributed by atoms with Crippen LogP contribution in [0.1, 0.15) is 40.5 Å². The largest absolute Gasteiger partial charge is 0.379 e. The average molecular weight is 1270 g/mol. The quantitative estimate of drug-likeness (QED) is 0.0792. The Kier molecular flexibility index (Phi) is 75.3. The summed E-state index contributed by atoms with van der Waals surface area (Å²) in [7, 11) is 0. The first-order chi connectivity index (χ1) is 42.9. The third kappa shape index (κ3) is 76.7. The zero-order valence-electron chi connectivity index (χ0n) is 53.9. The minimum absolute atomic E-state index is 0.0498. The van der Waals surface area contributed by atoms with Crippen LogP contribution in [0.3, 0.4) is 0 Å². The van der Waals surface area contributed by atoms with Crippen molar-refractivity contribution in [3.05, 3.63) is 0 Å². The van der Waals surface area contributed by atoms with E-state index in [4.69, 9.17) is 118 Å². The van der Waals surface area contributed by atoms with Crippen LogP contribution in [0.2, 0.25) is 0 Å². The molecule has 0 amide bonds. The highest BCUT2D eigenvalue weighted by Gasteiger charge is 2.08. The summed E-state index contributed by atoms with van der Waals surface area (Å²) >= 11 is 0. The number of hydrogen-bond donors (Lipinski definition) is 0. The van der Waals surface area contributed by atoms with Gasteiger partial charge in [-0.3, -0.25) is 9.59 Å². The lowest BCUT2D eigenvalue weighted by atomic mass is 10.1. The minimum Gasteiger partial charge on any atom is -0.379 e. The summed E-state index contributed by atoms with van der Waals surface area (Å²) in [5, 5.41) is 0. The Morgan fingerprint density at radius 3 is 0.287 bits per heavy atom. The standard InChI is InChI=1S/C60H118O27/c1-57(2)59(61)5-7-63-9-11-65-13-15-67-17-19-69-21-23-71-25-27-73-29-31-75-33-35-77-37-39-79-41-43-81-45-47-83-49-51-85-53-55-87-56-54-86-52-50-84-48-46-82-44-42-80-40-38-78-36-34-76-32-30-74-28-26-72-24-22-70-20-18-68-16-14-66-12-10-64-8-6-60(62)58(3)4/h57-58H,5-56H2,1-4H3. The van der Waals surface area contributed by atoms with Crippen molar-refractivity contribution in [3.8, 4) is 0 Å². The van der Waals surface area contributed by atoms with Crippen molar-refractivity contribution >= 4 is 11.6 Å². The second-order valence-electron chi connectivity index (χ2n) is 19.1. The zero-order chi connectivity index (χ0) is 62.8. The molecule has 0 heterocycles. The van der Waals surface area contributed by atoms with Crippen LogP contribution >= 0.6 is 0 Å². The Balaban J connectivity index is 3.10. The second-order valence-corrected chi connectivity index (χ2v) is 19.1. The van der Waals surface area contributed by atoms with Gasteiger partial charge < -0.3 is 118 Å². The van der Waals surface area contributed by atoms with Crippen molar-refractivity contribution in [2.45, 2.75) is 40.5 Å². The summed E-state index contributed by atoms with van der Waals surface area (Å²) in [5.74, 6) is 0.524. The maximum absolute atomic E-state index is 11.5. The predicted molar refractivity (Wildman–Crippen MR) is 319 cm³/mol. The van der Waals surface area contributed by atoms with Crippen molar-refractivity contribution in [3.63, 3.8) is 0 Å². The number of carbonyl (C=O) groups is 2. The summed E-state index contributed by atoms with van der Waals surface area (Å²) in [6, 6.07) is 0. The first kappa shape index (κ1) is 85.3. The Labute approximate surface area is 520 Å². The van der Waals surface area contributed by atoms with Gasteiger partial charge in [-0.15, -0.1) is 0 Å². The Morgan fingerprint density at radius 1 is 0.149 bits per heavy atom. The van der Waals surface area contributed by atoms with Gasteiger partial charge >= 0.3 is 0 Å².